The quantitative estimate of drug-likeness (QED) is 0.375. The molecule has 0 rings (SSSR count). The van der Waals surface area contributed by atoms with Gasteiger partial charge in [0.2, 0.25) is 5.91 Å². The van der Waals surface area contributed by atoms with Crippen molar-refractivity contribution in [3.63, 3.8) is 0 Å². The minimum atomic E-state index is -0.833. The fourth-order valence-electron chi connectivity index (χ4n) is 2.76. The number of hydrogen-bond donors (Lipinski definition) is 2. The minimum absolute atomic E-state index is 0.0885. The van der Waals surface area contributed by atoms with E-state index in [0.717, 1.165) is 32.6 Å². The number of carbonyl (C=O) groups is 2. The van der Waals surface area contributed by atoms with E-state index in [9.17, 15) is 4.79 Å². The zero-order valence-electron chi connectivity index (χ0n) is 16.3. The molecule has 0 saturated carbocycles. The summed E-state index contributed by atoms with van der Waals surface area (Å²) >= 11 is 0. The van der Waals surface area contributed by atoms with E-state index < -0.39 is 5.97 Å². The van der Waals surface area contributed by atoms with Crippen molar-refractivity contribution in [3.8, 4) is 0 Å². The van der Waals surface area contributed by atoms with Crippen molar-refractivity contribution in [1.29, 1.82) is 0 Å². The van der Waals surface area contributed by atoms with Crippen LogP contribution in [0.15, 0.2) is 0 Å². The van der Waals surface area contributed by atoms with Gasteiger partial charge < -0.3 is 10.8 Å². The van der Waals surface area contributed by atoms with Crippen LogP contribution in [0.3, 0.4) is 0 Å². The standard InChI is InChI=1S/C18H37NO.C2H4O2/c1-3-5-7-8-9-10-11-12-13-14-16-17(18(19)20)15-6-4-2;1-2(3)4/h17H,3-16H2,1-2H3,(H2,19,20);1H3,(H,3,4). The average Bonchev–Trinajstić information content (AvgIpc) is 2.51. The monoisotopic (exact) mass is 343 g/mol. The summed E-state index contributed by atoms with van der Waals surface area (Å²) in [6, 6.07) is 0. The molecular formula is C20H41NO3. The zero-order valence-corrected chi connectivity index (χ0v) is 16.3. The molecule has 4 heteroatoms. The molecule has 1 atom stereocenters. The summed E-state index contributed by atoms with van der Waals surface area (Å²) in [5, 5.41) is 7.42. The Morgan fingerprint density at radius 1 is 0.750 bits per heavy atom. The molecule has 1 unspecified atom stereocenters. The third-order valence-electron chi connectivity index (χ3n) is 4.21. The van der Waals surface area contributed by atoms with Gasteiger partial charge in [-0.25, -0.2) is 0 Å². The Hall–Kier alpha value is -1.06. The molecule has 0 radical (unpaired) electrons. The molecule has 4 nitrogen and oxygen atoms in total. The first kappa shape index (κ1) is 25.2. The van der Waals surface area contributed by atoms with Gasteiger partial charge in [0, 0.05) is 12.8 Å². The molecule has 0 aliphatic heterocycles. The van der Waals surface area contributed by atoms with E-state index in [1.807, 2.05) is 0 Å². The molecule has 0 aliphatic rings. The Labute approximate surface area is 149 Å². The van der Waals surface area contributed by atoms with Crippen LogP contribution in [0.1, 0.15) is 111 Å². The van der Waals surface area contributed by atoms with Gasteiger partial charge in [-0.05, 0) is 12.8 Å². The molecular weight excluding hydrogens is 302 g/mol. The Kier molecular flexibility index (Phi) is 21.0. The van der Waals surface area contributed by atoms with Crippen LogP contribution in [0.2, 0.25) is 0 Å². The number of nitrogens with two attached hydrogens (primary N) is 1. The second-order valence-corrected chi connectivity index (χ2v) is 6.73. The second-order valence-electron chi connectivity index (χ2n) is 6.73. The predicted octanol–water partition coefficient (Wildman–Crippen LogP) is 5.68. The van der Waals surface area contributed by atoms with E-state index >= 15 is 0 Å². The summed E-state index contributed by atoms with van der Waals surface area (Å²) in [5.74, 6) is -0.793. The van der Waals surface area contributed by atoms with Gasteiger partial charge in [-0.2, -0.15) is 0 Å². The van der Waals surface area contributed by atoms with Crippen LogP contribution in [0.4, 0.5) is 0 Å². The summed E-state index contributed by atoms with van der Waals surface area (Å²) in [6.45, 7) is 5.51. The summed E-state index contributed by atoms with van der Waals surface area (Å²) in [5.41, 5.74) is 5.46. The highest BCUT2D eigenvalue weighted by molar-refractivity contribution is 5.76. The highest BCUT2D eigenvalue weighted by Gasteiger charge is 2.13. The molecule has 0 aromatic rings. The van der Waals surface area contributed by atoms with Crippen LogP contribution >= 0.6 is 0 Å². The number of carboxylic acids is 1. The smallest absolute Gasteiger partial charge is 0.300 e. The molecule has 0 fully saturated rings. The molecule has 144 valence electrons. The Balaban J connectivity index is 0. The lowest BCUT2D eigenvalue weighted by Gasteiger charge is -2.12. The number of unbranched alkanes of at least 4 members (excludes halogenated alkanes) is 10. The van der Waals surface area contributed by atoms with Crippen molar-refractivity contribution in [1.82, 2.24) is 0 Å². The maximum Gasteiger partial charge on any atom is 0.300 e. The Morgan fingerprint density at radius 3 is 1.46 bits per heavy atom. The number of rotatable bonds is 15. The molecule has 24 heavy (non-hydrogen) atoms. The van der Waals surface area contributed by atoms with Crippen LogP contribution in [-0.4, -0.2) is 17.0 Å². The van der Waals surface area contributed by atoms with Crippen LogP contribution in [0, 0.1) is 5.92 Å². The SMILES string of the molecule is CC(=O)O.CCCCCCCCCCCCC(CCCC)C(N)=O. The number of aliphatic carboxylic acids is 1. The first-order valence-corrected chi connectivity index (χ1v) is 9.94. The van der Waals surface area contributed by atoms with E-state index in [-0.39, 0.29) is 11.8 Å². The highest BCUT2D eigenvalue weighted by atomic mass is 16.4. The van der Waals surface area contributed by atoms with Crippen LogP contribution in [0.5, 0.6) is 0 Å². The lowest BCUT2D eigenvalue weighted by molar-refractivity contribution is -0.134. The summed E-state index contributed by atoms with van der Waals surface area (Å²) < 4.78 is 0. The van der Waals surface area contributed by atoms with Gasteiger partial charge in [0.05, 0.1) is 0 Å². The zero-order chi connectivity index (χ0) is 18.6. The molecule has 1 amide bonds. The maximum absolute atomic E-state index is 11.3. The predicted molar refractivity (Wildman–Crippen MR) is 102 cm³/mol. The number of carboxylic acid groups (broad SMARTS) is 1. The lowest BCUT2D eigenvalue weighted by atomic mass is 9.94. The summed E-state index contributed by atoms with van der Waals surface area (Å²) in [6.07, 6.45) is 17.8. The van der Waals surface area contributed by atoms with E-state index in [1.165, 1.54) is 64.2 Å². The highest BCUT2D eigenvalue weighted by Crippen LogP contribution is 2.17. The fourth-order valence-corrected chi connectivity index (χ4v) is 2.76. The minimum Gasteiger partial charge on any atom is -0.481 e. The number of amides is 1. The Morgan fingerprint density at radius 2 is 1.08 bits per heavy atom. The van der Waals surface area contributed by atoms with E-state index in [4.69, 9.17) is 15.6 Å². The number of hydrogen-bond acceptors (Lipinski definition) is 2. The average molecular weight is 344 g/mol. The van der Waals surface area contributed by atoms with Gasteiger partial charge in [0.15, 0.2) is 0 Å². The maximum atomic E-state index is 11.3. The van der Waals surface area contributed by atoms with Crippen LogP contribution < -0.4 is 5.73 Å². The van der Waals surface area contributed by atoms with Gasteiger partial charge >= 0.3 is 0 Å². The topological polar surface area (TPSA) is 80.4 Å². The first-order valence-electron chi connectivity index (χ1n) is 9.94. The van der Waals surface area contributed by atoms with E-state index in [2.05, 4.69) is 13.8 Å². The third kappa shape index (κ3) is 23.2. The lowest BCUT2D eigenvalue weighted by Crippen LogP contribution is -2.23. The van der Waals surface area contributed by atoms with Crippen molar-refractivity contribution >= 4 is 11.9 Å². The second kappa shape index (κ2) is 20.0. The molecule has 0 spiro atoms. The molecule has 0 aromatic carbocycles. The van der Waals surface area contributed by atoms with Crippen LogP contribution in [-0.2, 0) is 9.59 Å². The number of carbonyl (C=O) groups excluding carboxylic acids is 1. The molecule has 3 N–H and O–H groups in total. The molecule has 0 bridgehead atoms. The largest absolute Gasteiger partial charge is 0.481 e. The normalized spacial score (nSPS) is 11.5. The Bertz CT molecular complexity index is 289. The van der Waals surface area contributed by atoms with Gasteiger partial charge in [-0.15, -0.1) is 0 Å². The van der Waals surface area contributed by atoms with Gasteiger partial charge in [-0.1, -0.05) is 90.9 Å². The van der Waals surface area contributed by atoms with E-state index in [1.54, 1.807) is 0 Å². The summed E-state index contributed by atoms with van der Waals surface area (Å²) in [7, 11) is 0. The first-order chi connectivity index (χ1) is 11.5. The molecule has 0 aliphatic carbocycles. The molecule has 0 heterocycles. The fraction of sp³-hybridized carbons (Fsp3) is 0.900. The third-order valence-corrected chi connectivity index (χ3v) is 4.21. The van der Waals surface area contributed by atoms with Gasteiger partial charge in [0.1, 0.15) is 0 Å². The number of primary amides is 1. The van der Waals surface area contributed by atoms with Crippen molar-refractivity contribution < 1.29 is 14.7 Å². The van der Waals surface area contributed by atoms with Gasteiger partial charge in [0.25, 0.3) is 5.97 Å². The van der Waals surface area contributed by atoms with Crippen molar-refractivity contribution in [2.45, 2.75) is 111 Å². The van der Waals surface area contributed by atoms with Crippen molar-refractivity contribution in [2.24, 2.45) is 11.7 Å². The summed E-state index contributed by atoms with van der Waals surface area (Å²) in [4.78, 5) is 20.3. The van der Waals surface area contributed by atoms with E-state index in [0.29, 0.717) is 0 Å². The van der Waals surface area contributed by atoms with Crippen molar-refractivity contribution in [3.05, 3.63) is 0 Å². The van der Waals surface area contributed by atoms with Crippen LogP contribution in [0.25, 0.3) is 0 Å². The molecule has 0 saturated heterocycles. The molecule has 0 aromatic heterocycles. The van der Waals surface area contributed by atoms with Gasteiger partial charge in [-0.3, -0.25) is 9.59 Å². The van der Waals surface area contributed by atoms with Crippen molar-refractivity contribution in [2.75, 3.05) is 0 Å².